The molecule has 0 aliphatic carbocycles. The predicted molar refractivity (Wildman–Crippen MR) is 101 cm³/mol. The van der Waals surface area contributed by atoms with Gasteiger partial charge in [0.1, 0.15) is 10.6 Å². The van der Waals surface area contributed by atoms with Crippen molar-refractivity contribution in [2.75, 3.05) is 12.8 Å². The molecule has 124 valence electrons. The highest BCUT2D eigenvalue weighted by Gasteiger charge is 2.12. The summed E-state index contributed by atoms with van der Waals surface area (Å²) in [5, 5.41) is 0.903. The lowest BCUT2D eigenvalue weighted by molar-refractivity contribution is 0.398. The summed E-state index contributed by atoms with van der Waals surface area (Å²) in [7, 11) is 1.58. The molecule has 4 aromatic rings. The molecule has 0 saturated carbocycles. The maximum absolute atomic E-state index is 6.18. The number of ether oxygens (including phenoxy) is 1. The Morgan fingerprint density at radius 1 is 1.08 bits per heavy atom. The molecular weight excluding hydrogens is 332 g/mol. The number of rotatable bonds is 4. The highest BCUT2D eigenvalue weighted by Crippen LogP contribution is 2.31. The molecule has 0 bridgehead atoms. The number of hydrogen-bond donors (Lipinski definition) is 1. The van der Waals surface area contributed by atoms with Crippen LogP contribution in [-0.4, -0.2) is 22.1 Å². The number of pyridine rings is 1. The van der Waals surface area contributed by atoms with E-state index in [1.807, 2.05) is 24.3 Å². The molecule has 0 amide bonds. The van der Waals surface area contributed by atoms with Crippen molar-refractivity contribution in [3.05, 3.63) is 65.2 Å². The number of benzene rings is 1. The third kappa shape index (κ3) is 3.16. The van der Waals surface area contributed by atoms with Gasteiger partial charge in [-0.1, -0.05) is 30.3 Å². The van der Waals surface area contributed by atoms with Crippen LogP contribution in [0.2, 0.25) is 0 Å². The SMILES string of the molecule is COc1cc(-c2nc(N)c3cc(Cc4ccccc4)sc3n2)ccn1. The molecule has 0 atom stereocenters. The second kappa shape index (κ2) is 6.49. The first-order valence-corrected chi connectivity index (χ1v) is 8.65. The van der Waals surface area contributed by atoms with Crippen molar-refractivity contribution in [3.8, 4) is 17.3 Å². The van der Waals surface area contributed by atoms with E-state index in [0.717, 1.165) is 22.2 Å². The van der Waals surface area contributed by atoms with Crippen molar-refractivity contribution in [3.63, 3.8) is 0 Å². The Balaban J connectivity index is 1.74. The van der Waals surface area contributed by atoms with Gasteiger partial charge in [0, 0.05) is 29.1 Å². The van der Waals surface area contributed by atoms with Gasteiger partial charge in [-0.05, 0) is 17.7 Å². The number of anilines is 1. The van der Waals surface area contributed by atoms with Crippen LogP contribution in [0.1, 0.15) is 10.4 Å². The van der Waals surface area contributed by atoms with Gasteiger partial charge in [0.15, 0.2) is 5.82 Å². The highest BCUT2D eigenvalue weighted by molar-refractivity contribution is 7.18. The van der Waals surface area contributed by atoms with Gasteiger partial charge in [-0.15, -0.1) is 11.3 Å². The number of hydrogen-bond acceptors (Lipinski definition) is 6. The minimum absolute atomic E-state index is 0.492. The van der Waals surface area contributed by atoms with Crippen LogP contribution in [0.5, 0.6) is 5.88 Å². The summed E-state index contributed by atoms with van der Waals surface area (Å²) in [4.78, 5) is 15.4. The lowest BCUT2D eigenvalue weighted by Gasteiger charge is -2.04. The van der Waals surface area contributed by atoms with Crippen LogP contribution < -0.4 is 10.5 Å². The fourth-order valence-electron chi connectivity index (χ4n) is 2.67. The second-order valence-corrected chi connectivity index (χ2v) is 6.73. The normalized spacial score (nSPS) is 10.9. The van der Waals surface area contributed by atoms with E-state index in [4.69, 9.17) is 10.5 Å². The minimum atomic E-state index is 0.492. The van der Waals surface area contributed by atoms with Gasteiger partial charge in [-0.2, -0.15) is 0 Å². The number of nitrogens with zero attached hydrogens (tertiary/aromatic N) is 3. The van der Waals surface area contributed by atoms with E-state index in [2.05, 4.69) is 33.2 Å². The fourth-order valence-corrected chi connectivity index (χ4v) is 3.74. The Bertz CT molecular complexity index is 1030. The van der Waals surface area contributed by atoms with Crippen molar-refractivity contribution >= 4 is 27.4 Å². The zero-order valence-corrected chi connectivity index (χ0v) is 14.5. The summed E-state index contributed by atoms with van der Waals surface area (Å²) >= 11 is 1.65. The van der Waals surface area contributed by atoms with E-state index in [1.54, 1.807) is 30.7 Å². The average molecular weight is 348 g/mol. The Hall–Kier alpha value is -2.99. The molecule has 0 aliphatic rings. The number of methoxy groups -OCH3 is 1. The van der Waals surface area contributed by atoms with Crippen LogP contribution in [0.3, 0.4) is 0 Å². The summed E-state index contributed by atoms with van der Waals surface area (Å²) in [6.07, 6.45) is 2.53. The van der Waals surface area contributed by atoms with E-state index in [0.29, 0.717) is 17.5 Å². The standard InChI is InChI=1S/C19H16N4OS/c1-24-16-10-13(7-8-21-16)18-22-17(20)15-11-14(25-19(15)23-18)9-12-5-3-2-4-6-12/h2-8,10-11H,9H2,1H3,(H2,20,22,23). The molecule has 0 spiro atoms. The van der Waals surface area contributed by atoms with Gasteiger partial charge in [0.25, 0.3) is 0 Å². The molecule has 3 aromatic heterocycles. The first-order valence-electron chi connectivity index (χ1n) is 7.83. The molecule has 5 nitrogen and oxygen atoms in total. The maximum atomic E-state index is 6.18. The number of fused-ring (bicyclic) bond motifs is 1. The first kappa shape index (κ1) is 15.5. The number of thiophene rings is 1. The average Bonchev–Trinajstić information content (AvgIpc) is 3.05. The van der Waals surface area contributed by atoms with Crippen molar-refractivity contribution in [1.82, 2.24) is 15.0 Å². The number of aromatic nitrogens is 3. The number of nitrogen functional groups attached to an aromatic ring is 1. The molecule has 1 aromatic carbocycles. The van der Waals surface area contributed by atoms with Gasteiger partial charge < -0.3 is 10.5 Å². The van der Waals surface area contributed by atoms with Crippen molar-refractivity contribution in [2.45, 2.75) is 6.42 Å². The summed E-state index contributed by atoms with van der Waals surface area (Å²) in [6, 6.07) is 16.1. The second-order valence-electron chi connectivity index (χ2n) is 5.61. The van der Waals surface area contributed by atoms with Crippen LogP contribution in [0.4, 0.5) is 5.82 Å². The molecule has 4 rings (SSSR count). The first-order chi connectivity index (χ1) is 12.2. The van der Waals surface area contributed by atoms with Gasteiger partial charge >= 0.3 is 0 Å². The van der Waals surface area contributed by atoms with E-state index in [9.17, 15) is 0 Å². The van der Waals surface area contributed by atoms with Crippen molar-refractivity contribution < 1.29 is 4.74 Å². The zero-order chi connectivity index (χ0) is 17.2. The van der Waals surface area contributed by atoms with Gasteiger partial charge in [0.2, 0.25) is 5.88 Å². The fraction of sp³-hybridized carbons (Fsp3) is 0.105. The highest BCUT2D eigenvalue weighted by atomic mass is 32.1. The molecule has 0 radical (unpaired) electrons. The molecule has 0 aliphatic heterocycles. The van der Waals surface area contributed by atoms with Gasteiger partial charge in [0.05, 0.1) is 12.5 Å². The molecule has 6 heteroatoms. The Labute approximate surface area is 149 Å². The Morgan fingerprint density at radius 3 is 2.72 bits per heavy atom. The van der Waals surface area contributed by atoms with Crippen molar-refractivity contribution in [1.29, 1.82) is 0 Å². The molecular formula is C19H16N4OS. The summed E-state index contributed by atoms with van der Waals surface area (Å²) in [5.41, 5.74) is 8.28. The van der Waals surface area contributed by atoms with E-state index in [1.165, 1.54) is 10.4 Å². The van der Waals surface area contributed by atoms with Crippen LogP contribution in [0.25, 0.3) is 21.6 Å². The predicted octanol–water partition coefficient (Wildman–Crippen LogP) is 3.93. The molecule has 25 heavy (non-hydrogen) atoms. The third-order valence-electron chi connectivity index (χ3n) is 3.90. The molecule has 0 fully saturated rings. The molecule has 0 saturated heterocycles. The Morgan fingerprint density at radius 2 is 1.92 bits per heavy atom. The van der Waals surface area contributed by atoms with Crippen LogP contribution in [0, 0.1) is 0 Å². The lowest BCUT2D eigenvalue weighted by atomic mass is 10.1. The van der Waals surface area contributed by atoms with Gasteiger partial charge in [-0.3, -0.25) is 0 Å². The van der Waals surface area contributed by atoms with Gasteiger partial charge in [-0.25, -0.2) is 15.0 Å². The minimum Gasteiger partial charge on any atom is -0.481 e. The third-order valence-corrected chi connectivity index (χ3v) is 4.93. The van der Waals surface area contributed by atoms with E-state index >= 15 is 0 Å². The smallest absolute Gasteiger partial charge is 0.213 e. The van der Waals surface area contributed by atoms with Crippen LogP contribution in [-0.2, 0) is 6.42 Å². The number of nitrogens with two attached hydrogens (primary N) is 1. The molecule has 3 heterocycles. The summed E-state index contributed by atoms with van der Waals surface area (Å²) < 4.78 is 5.17. The van der Waals surface area contributed by atoms with Crippen LogP contribution >= 0.6 is 11.3 Å². The Kier molecular flexibility index (Phi) is 4.03. The zero-order valence-electron chi connectivity index (χ0n) is 13.6. The van der Waals surface area contributed by atoms with E-state index < -0.39 is 0 Å². The summed E-state index contributed by atoms with van der Waals surface area (Å²) in [5.74, 6) is 1.60. The maximum Gasteiger partial charge on any atom is 0.213 e. The summed E-state index contributed by atoms with van der Waals surface area (Å²) in [6.45, 7) is 0. The largest absolute Gasteiger partial charge is 0.481 e. The quantitative estimate of drug-likeness (QED) is 0.605. The monoisotopic (exact) mass is 348 g/mol. The molecule has 2 N–H and O–H groups in total. The molecule has 0 unspecified atom stereocenters. The lowest BCUT2D eigenvalue weighted by Crippen LogP contribution is -1.96. The van der Waals surface area contributed by atoms with E-state index in [-0.39, 0.29) is 0 Å². The topological polar surface area (TPSA) is 73.9 Å². The van der Waals surface area contributed by atoms with Crippen LogP contribution in [0.15, 0.2) is 54.7 Å². The van der Waals surface area contributed by atoms with Crippen molar-refractivity contribution in [2.24, 2.45) is 0 Å².